The second-order valence-corrected chi connectivity index (χ2v) is 7.75. The Morgan fingerprint density at radius 3 is 2.42 bits per heavy atom. The van der Waals surface area contributed by atoms with Gasteiger partial charge in [-0.2, -0.15) is 9.36 Å². The molecule has 0 radical (unpaired) electrons. The molecule has 0 spiro atoms. The average molecular weight is 444 g/mol. The Bertz CT molecular complexity index is 1000. The van der Waals surface area contributed by atoms with Crippen molar-refractivity contribution < 1.29 is 18.7 Å². The lowest BCUT2D eigenvalue weighted by Gasteiger charge is -2.22. The van der Waals surface area contributed by atoms with Crippen LogP contribution in [0.2, 0.25) is 0 Å². The van der Waals surface area contributed by atoms with Crippen LogP contribution in [0, 0.1) is 5.82 Å². The summed E-state index contributed by atoms with van der Waals surface area (Å²) < 4.78 is 28.7. The van der Waals surface area contributed by atoms with Crippen molar-refractivity contribution in [3.8, 4) is 16.7 Å². The first-order valence-electron chi connectivity index (χ1n) is 10.3. The average Bonchev–Trinajstić information content (AvgIpc) is 3.21. The Balaban J connectivity index is 1.77. The first-order valence-corrected chi connectivity index (χ1v) is 11.0. The number of methoxy groups -OCH3 is 1. The van der Waals surface area contributed by atoms with Crippen molar-refractivity contribution in [1.29, 1.82) is 0 Å². The van der Waals surface area contributed by atoms with E-state index < -0.39 is 0 Å². The molecule has 1 heterocycles. The molecule has 0 atom stereocenters. The Kier molecular flexibility index (Phi) is 7.94. The van der Waals surface area contributed by atoms with E-state index in [1.807, 2.05) is 4.90 Å². The molecule has 3 rings (SSSR count). The zero-order valence-corrected chi connectivity index (χ0v) is 18.7. The number of nitrogens with zero attached hydrogens (tertiary/aromatic N) is 3. The Morgan fingerprint density at radius 1 is 1.06 bits per heavy atom. The van der Waals surface area contributed by atoms with E-state index in [1.54, 1.807) is 37.4 Å². The molecule has 0 aliphatic rings. The van der Waals surface area contributed by atoms with Crippen molar-refractivity contribution in [1.82, 2.24) is 14.3 Å². The number of ether oxygens (including phenoxy) is 2. The summed E-state index contributed by atoms with van der Waals surface area (Å²) in [5, 5.41) is 0.346. The largest absolute Gasteiger partial charge is 0.493 e. The molecular formula is C23H26FN3O3S. The zero-order valence-electron chi connectivity index (χ0n) is 17.9. The number of hydrogen-bond acceptors (Lipinski definition) is 6. The van der Waals surface area contributed by atoms with Gasteiger partial charge in [-0.05, 0) is 48.7 Å². The molecule has 0 N–H and O–H groups in total. The SMILES string of the molecule is CCCN(CCC)C(=O)c1ccc(OC)c(Oc2nc(Cc3ccc(F)cc3)ns2)c1. The van der Waals surface area contributed by atoms with Gasteiger partial charge in [0.2, 0.25) is 0 Å². The van der Waals surface area contributed by atoms with Crippen molar-refractivity contribution in [2.75, 3.05) is 20.2 Å². The monoisotopic (exact) mass is 443 g/mol. The van der Waals surface area contributed by atoms with E-state index in [1.165, 1.54) is 12.1 Å². The second-order valence-electron chi connectivity index (χ2n) is 7.04. The predicted molar refractivity (Wildman–Crippen MR) is 119 cm³/mol. The van der Waals surface area contributed by atoms with Gasteiger partial charge in [0.15, 0.2) is 17.3 Å². The fourth-order valence-electron chi connectivity index (χ4n) is 3.16. The number of benzene rings is 2. The molecule has 0 aliphatic carbocycles. The van der Waals surface area contributed by atoms with Crippen LogP contribution in [-0.2, 0) is 6.42 Å². The Morgan fingerprint density at radius 2 is 1.77 bits per heavy atom. The summed E-state index contributed by atoms with van der Waals surface area (Å²) in [7, 11) is 1.55. The molecule has 2 aromatic carbocycles. The van der Waals surface area contributed by atoms with Gasteiger partial charge in [0.1, 0.15) is 5.82 Å². The molecule has 1 amide bonds. The van der Waals surface area contributed by atoms with E-state index in [0.29, 0.717) is 47.6 Å². The first kappa shape index (κ1) is 22.7. The van der Waals surface area contributed by atoms with Gasteiger partial charge in [-0.3, -0.25) is 4.79 Å². The Hall–Kier alpha value is -3.00. The summed E-state index contributed by atoms with van der Waals surface area (Å²) in [5.74, 6) is 1.17. The molecule has 31 heavy (non-hydrogen) atoms. The van der Waals surface area contributed by atoms with Crippen LogP contribution in [-0.4, -0.2) is 40.4 Å². The highest BCUT2D eigenvalue weighted by atomic mass is 32.1. The molecule has 6 nitrogen and oxygen atoms in total. The van der Waals surface area contributed by atoms with Crippen LogP contribution < -0.4 is 9.47 Å². The van der Waals surface area contributed by atoms with E-state index in [2.05, 4.69) is 23.2 Å². The van der Waals surface area contributed by atoms with Crippen molar-refractivity contribution >= 4 is 17.4 Å². The lowest BCUT2D eigenvalue weighted by atomic mass is 10.1. The van der Waals surface area contributed by atoms with Gasteiger partial charge < -0.3 is 14.4 Å². The smallest absolute Gasteiger partial charge is 0.298 e. The topological polar surface area (TPSA) is 64.6 Å². The number of rotatable bonds is 10. The minimum absolute atomic E-state index is 0.0366. The molecule has 3 aromatic rings. The summed E-state index contributed by atoms with van der Waals surface area (Å²) in [5.41, 5.74) is 1.44. The van der Waals surface area contributed by atoms with Crippen molar-refractivity contribution in [2.24, 2.45) is 0 Å². The fourth-order valence-corrected chi connectivity index (χ4v) is 3.72. The van der Waals surface area contributed by atoms with E-state index in [0.717, 1.165) is 29.9 Å². The molecule has 0 unspecified atom stereocenters. The van der Waals surface area contributed by atoms with Crippen LogP contribution in [0.1, 0.15) is 48.4 Å². The van der Waals surface area contributed by atoms with Gasteiger partial charge in [0.05, 0.1) is 7.11 Å². The van der Waals surface area contributed by atoms with Crippen molar-refractivity contribution in [3.05, 3.63) is 65.2 Å². The first-order chi connectivity index (χ1) is 15.0. The van der Waals surface area contributed by atoms with Gasteiger partial charge >= 0.3 is 0 Å². The number of hydrogen-bond donors (Lipinski definition) is 0. The summed E-state index contributed by atoms with van der Waals surface area (Å²) >= 11 is 1.11. The van der Waals surface area contributed by atoms with E-state index >= 15 is 0 Å². The minimum Gasteiger partial charge on any atom is -0.493 e. The molecule has 0 fully saturated rings. The standard InChI is InChI=1S/C23H26FN3O3S/c1-4-12-27(13-5-2)22(28)17-8-11-19(29-3)20(15-17)30-23-25-21(26-31-23)14-16-6-9-18(24)10-7-16/h6-11,15H,4-5,12-14H2,1-3H3. The number of carbonyl (C=O) groups excluding carboxylic acids is 1. The molecule has 0 aliphatic heterocycles. The van der Waals surface area contributed by atoms with Crippen LogP contribution in [0.3, 0.4) is 0 Å². The highest BCUT2D eigenvalue weighted by Crippen LogP contribution is 2.33. The van der Waals surface area contributed by atoms with Crippen molar-refractivity contribution in [3.63, 3.8) is 0 Å². The lowest BCUT2D eigenvalue weighted by molar-refractivity contribution is 0.0755. The van der Waals surface area contributed by atoms with Gasteiger partial charge in [0, 0.05) is 36.6 Å². The number of amides is 1. The minimum atomic E-state index is -0.281. The highest BCUT2D eigenvalue weighted by Gasteiger charge is 2.18. The quantitative estimate of drug-likeness (QED) is 0.424. The summed E-state index contributed by atoms with van der Waals surface area (Å²) in [4.78, 5) is 19.2. The van der Waals surface area contributed by atoms with Crippen molar-refractivity contribution in [2.45, 2.75) is 33.1 Å². The van der Waals surface area contributed by atoms with Crippen LogP contribution in [0.25, 0.3) is 0 Å². The van der Waals surface area contributed by atoms with Crippen LogP contribution >= 0.6 is 11.5 Å². The van der Waals surface area contributed by atoms with Gasteiger partial charge in [-0.1, -0.05) is 26.0 Å². The Labute approximate surface area is 185 Å². The predicted octanol–water partition coefficient (Wildman–Crippen LogP) is 5.33. The van der Waals surface area contributed by atoms with Gasteiger partial charge in [-0.25, -0.2) is 4.39 Å². The summed E-state index contributed by atoms with van der Waals surface area (Å²) in [6.45, 7) is 5.52. The number of halogens is 1. The highest BCUT2D eigenvalue weighted by molar-refractivity contribution is 7.07. The normalized spacial score (nSPS) is 10.7. The molecule has 1 aromatic heterocycles. The van der Waals surface area contributed by atoms with Crippen LogP contribution in [0.5, 0.6) is 16.7 Å². The molecule has 0 bridgehead atoms. The molecular weight excluding hydrogens is 417 g/mol. The maximum absolute atomic E-state index is 13.1. The summed E-state index contributed by atoms with van der Waals surface area (Å²) in [6, 6.07) is 11.4. The maximum Gasteiger partial charge on any atom is 0.298 e. The van der Waals surface area contributed by atoms with Crippen LogP contribution in [0.15, 0.2) is 42.5 Å². The summed E-state index contributed by atoms with van der Waals surface area (Å²) in [6.07, 6.45) is 2.26. The third kappa shape index (κ3) is 6.01. The van der Waals surface area contributed by atoms with Gasteiger partial charge in [0.25, 0.3) is 11.1 Å². The lowest BCUT2D eigenvalue weighted by Crippen LogP contribution is -2.32. The van der Waals surface area contributed by atoms with E-state index in [-0.39, 0.29) is 11.7 Å². The molecule has 0 saturated heterocycles. The third-order valence-corrected chi connectivity index (χ3v) is 5.24. The molecule has 8 heteroatoms. The maximum atomic E-state index is 13.1. The zero-order chi connectivity index (χ0) is 22.2. The third-order valence-electron chi connectivity index (χ3n) is 4.61. The van der Waals surface area contributed by atoms with E-state index in [9.17, 15) is 9.18 Å². The molecule has 0 saturated carbocycles. The van der Waals surface area contributed by atoms with Crippen LogP contribution in [0.4, 0.5) is 4.39 Å². The number of aromatic nitrogens is 2. The second kappa shape index (κ2) is 10.9. The molecule has 164 valence electrons. The number of carbonyl (C=O) groups is 1. The van der Waals surface area contributed by atoms with E-state index in [4.69, 9.17) is 9.47 Å². The van der Waals surface area contributed by atoms with Gasteiger partial charge in [-0.15, -0.1) is 0 Å². The fraction of sp³-hybridized carbons (Fsp3) is 0.348.